The van der Waals surface area contributed by atoms with E-state index >= 15 is 0 Å². The predicted molar refractivity (Wildman–Crippen MR) is 95.2 cm³/mol. The second-order valence-corrected chi connectivity index (χ2v) is 5.07. The Morgan fingerprint density at radius 2 is 1.68 bits per heavy atom. The number of ketones is 1. The largest absolute Gasteiger partial charge is 0.490 e. The van der Waals surface area contributed by atoms with Crippen molar-refractivity contribution in [2.24, 2.45) is 0 Å². The molecule has 0 aromatic heterocycles. The summed E-state index contributed by atoms with van der Waals surface area (Å²) in [6, 6.07) is 10.9. The Morgan fingerprint density at radius 1 is 1.04 bits per heavy atom. The van der Waals surface area contributed by atoms with Crippen LogP contribution in [0.15, 0.2) is 48.5 Å². The highest BCUT2D eigenvalue weighted by atomic mass is 16.6. The molecule has 6 nitrogen and oxygen atoms in total. The number of non-ortho nitro benzene ring substituents is 1. The lowest BCUT2D eigenvalue weighted by molar-refractivity contribution is -0.384. The van der Waals surface area contributed by atoms with Crippen LogP contribution in [-0.4, -0.2) is 23.9 Å². The molecule has 0 heterocycles. The van der Waals surface area contributed by atoms with Crippen LogP contribution < -0.4 is 9.47 Å². The van der Waals surface area contributed by atoms with Gasteiger partial charge in [-0.1, -0.05) is 12.1 Å². The van der Waals surface area contributed by atoms with Crippen molar-refractivity contribution in [3.63, 3.8) is 0 Å². The maximum Gasteiger partial charge on any atom is 0.269 e. The van der Waals surface area contributed by atoms with Crippen LogP contribution in [0.25, 0.3) is 6.08 Å². The third-order valence-corrected chi connectivity index (χ3v) is 3.36. The zero-order valence-corrected chi connectivity index (χ0v) is 14.1. The second-order valence-electron chi connectivity index (χ2n) is 5.07. The highest BCUT2D eigenvalue weighted by Crippen LogP contribution is 2.29. The first-order valence-corrected chi connectivity index (χ1v) is 7.91. The van der Waals surface area contributed by atoms with E-state index in [9.17, 15) is 14.9 Å². The van der Waals surface area contributed by atoms with Gasteiger partial charge in [0.2, 0.25) is 0 Å². The number of carbonyl (C=O) groups excluding carboxylic acids is 1. The number of hydrogen-bond donors (Lipinski definition) is 0. The maximum absolute atomic E-state index is 12.2. The third kappa shape index (κ3) is 4.91. The molecular formula is C19H19NO5. The van der Waals surface area contributed by atoms with E-state index in [1.54, 1.807) is 18.2 Å². The van der Waals surface area contributed by atoms with Gasteiger partial charge in [-0.3, -0.25) is 14.9 Å². The van der Waals surface area contributed by atoms with Crippen molar-refractivity contribution in [3.05, 3.63) is 69.8 Å². The fourth-order valence-corrected chi connectivity index (χ4v) is 2.19. The van der Waals surface area contributed by atoms with Crippen LogP contribution in [0.5, 0.6) is 11.5 Å². The van der Waals surface area contributed by atoms with Crippen molar-refractivity contribution in [1.29, 1.82) is 0 Å². The maximum atomic E-state index is 12.2. The molecule has 0 saturated heterocycles. The summed E-state index contributed by atoms with van der Waals surface area (Å²) in [6.45, 7) is 4.83. The molecule has 0 bridgehead atoms. The van der Waals surface area contributed by atoms with Crippen molar-refractivity contribution in [2.75, 3.05) is 13.2 Å². The minimum Gasteiger partial charge on any atom is -0.490 e. The van der Waals surface area contributed by atoms with Gasteiger partial charge >= 0.3 is 0 Å². The van der Waals surface area contributed by atoms with Gasteiger partial charge in [-0.2, -0.15) is 0 Å². The molecule has 25 heavy (non-hydrogen) atoms. The molecule has 0 unspecified atom stereocenters. The summed E-state index contributed by atoms with van der Waals surface area (Å²) in [5, 5.41) is 10.6. The molecule has 0 saturated carbocycles. The molecule has 0 spiro atoms. The van der Waals surface area contributed by atoms with Gasteiger partial charge in [0.1, 0.15) is 0 Å². The van der Waals surface area contributed by atoms with E-state index < -0.39 is 4.92 Å². The standard InChI is InChI=1S/C19H19NO5/c1-3-24-18-12-6-14(13-19(18)25-4-2)5-11-17(21)15-7-9-16(10-8-15)20(22)23/h5-13H,3-4H2,1-2H3/b11-5+. The Balaban J connectivity index is 2.15. The summed E-state index contributed by atoms with van der Waals surface area (Å²) in [7, 11) is 0. The summed E-state index contributed by atoms with van der Waals surface area (Å²) < 4.78 is 11.0. The van der Waals surface area contributed by atoms with E-state index in [1.165, 1.54) is 30.3 Å². The molecule has 0 fully saturated rings. The van der Waals surface area contributed by atoms with Gasteiger partial charge < -0.3 is 9.47 Å². The van der Waals surface area contributed by atoms with Crippen LogP contribution in [0.2, 0.25) is 0 Å². The highest BCUT2D eigenvalue weighted by molar-refractivity contribution is 6.06. The Bertz CT molecular complexity index is 781. The number of hydrogen-bond acceptors (Lipinski definition) is 5. The second kappa shape index (κ2) is 8.63. The van der Waals surface area contributed by atoms with Crippen LogP contribution >= 0.6 is 0 Å². The van der Waals surface area contributed by atoms with Gasteiger partial charge in [-0.25, -0.2) is 0 Å². The van der Waals surface area contributed by atoms with Crippen LogP contribution in [-0.2, 0) is 0 Å². The first-order chi connectivity index (χ1) is 12.0. The fourth-order valence-electron chi connectivity index (χ4n) is 2.19. The van der Waals surface area contributed by atoms with E-state index in [4.69, 9.17) is 9.47 Å². The number of carbonyl (C=O) groups is 1. The minimum absolute atomic E-state index is 0.0478. The fraction of sp³-hybridized carbons (Fsp3) is 0.211. The van der Waals surface area contributed by atoms with Crippen LogP contribution in [0.4, 0.5) is 5.69 Å². The molecule has 6 heteroatoms. The van der Waals surface area contributed by atoms with Gasteiger partial charge in [0.05, 0.1) is 18.1 Å². The van der Waals surface area contributed by atoms with Crippen LogP contribution in [0.3, 0.4) is 0 Å². The Morgan fingerprint density at radius 3 is 2.28 bits per heavy atom. The number of allylic oxidation sites excluding steroid dienone is 1. The third-order valence-electron chi connectivity index (χ3n) is 3.36. The smallest absolute Gasteiger partial charge is 0.269 e. The molecule has 130 valence electrons. The molecule has 2 aromatic carbocycles. The number of nitro groups is 1. The summed E-state index contributed by atoms with van der Waals surface area (Å²) in [5.74, 6) is 1.04. The molecule has 0 aliphatic rings. The van der Waals surface area contributed by atoms with Gasteiger partial charge in [0.25, 0.3) is 5.69 Å². The molecule has 0 aliphatic heterocycles. The van der Waals surface area contributed by atoms with Crippen LogP contribution in [0.1, 0.15) is 29.8 Å². The van der Waals surface area contributed by atoms with Crippen molar-refractivity contribution in [1.82, 2.24) is 0 Å². The number of ether oxygens (including phenoxy) is 2. The van der Waals surface area contributed by atoms with Crippen molar-refractivity contribution < 1.29 is 19.2 Å². The molecule has 0 amide bonds. The van der Waals surface area contributed by atoms with E-state index in [-0.39, 0.29) is 11.5 Å². The molecule has 0 N–H and O–H groups in total. The lowest BCUT2D eigenvalue weighted by Gasteiger charge is -2.11. The number of nitrogens with zero attached hydrogens (tertiary/aromatic N) is 1. The Labute approximate surface area is 145 Å². The zero-order chi connectivity index (χ0) is 18.2. The average molecular weight is 341 g/mol. The molecule has 0 atom stereocenters. The van der Waals surface area contributed by atoms with Gasteiger partial charge in [-0.05, 0) is 49.8 Å². The van der Waals surface area contributed by atoms with Gasteiger partial charge in [-0.15, -0.1) is 0 Å². The van der Waals surface area contributed by atoms with E-state index in [2.05, 4.69) is 0 Å². The molecule has 2 rings (SSSR count). The lowest BCUT2D eigenvalue weighted by atomic mass is 10.1. The highest BCUT2D eigenvalue weighted by Gasteiger charge is 2.08. The summed E-state index contributed by atoms with van der Waals surface area (Å²) in [5.41, 5.74) is 1.13. The van der Waals surface area contributed by atoms with E-state index in [0.717, 1.165) is 5.56 Å². The minimum atomic E-state index is -0.501. The number of nitro benzene ring substituents is 1. The summed E-state index contributed by atoms with van der Waals surface area (Å²) in [6.07, 6.45) is 3.09. The molecule has 2 aromatic rings. The lowest BCUT2D eigenvalue weighted by Crippen LogP contribution is -1.98. The normalized spacial score (nSPS) is 10.6. The van der Waals surface area contributed by atoms with Gasteiger partial charge in [0.15, 0.2) is 17.3 Å². The molecule has 0 aliphatic carbocycles. The number of rotatable bonds is 8. The van der Waals surface area contributed by atoms with Crippen LogP contribution in [0, 0.1) is 10.1 Å². The summed E-state index contributed by atoms with van der Waals surface area (Å²) >= 11 is 0. The van der Waals surface area contributed by atoms with E-state index in [1.807, 2.05) is 19.9 Å². The van der Waals surface area contributed by atoms with Crippen molar-refractivity contribution in [2.45, 2.75) is 13.8 Å². The molecule has 0 radical (unpaired) electrons. The average Bonchev–Trinajstić information content (AvgIpc) is 2.62. The van der Waals surface area contributed by atoms with E-state index in [0.29, 0.717) is 30.3 Å². The van der Waals surface area contributed by atoms with Crippen molar-refractivity contribution >= 4 is 17.5 Å². The Kier molecular flexibility index (Phi) is 6.28. The predicted octanol–water partition coefficient (Wildman–Crippen LogP) is 4.29. The first-order valence-electron chi connectivity index (χ1n) is 7.91. The number of benzene rings is 2. The molecular weight excluding hydrogens is 322 g/mol. The SMILES string of the molecule is CCOc1ccc(/C=C/C(=O)c2ccc([N+](=O)[O-])cc2)cc1OCC. The topological polar surface area (TPSA) is 78.7 Å². The Hall–Kier alpha value is -3.15. The quantitative estimate of drug-likeness (QED) is 0.310. The summed E-state index contributed by atoms with van der Waals surface area (Å²) in [4.78, 5) is 22.3. The first kappa shape index (κ1) is 18.2. The van der Waals surface area contributed by atoms with Gasteiger partial charge in [0, 0.05) is 17.7 Å². The monoisotopic (exact) mass is 341 g/mol. The zero-order valence-electron chi connectivity index (χ0n) is 14.1. The van der Waals surface area contributed by atoms with Crippen molar-refractivity contribution in [3.8, 4) is 11.5 Å².